The molecule has 0 saturated heterocycles. The van der Waals surface area contributed by atoms with Crippen molar-refractivity contribution in [1.82, 2.24) is 10.4 Å². The van der Waals surface area contributed by atoms with Crippen LogP contribution >= 0.6 is 0 Å². The summed E-state index contributed by atoms with van der Waals surface area (Å²) in [5.41, 5.74) is 4.73. The van der Waals surface area contributed by atoms with E-state index in [0.29, 0.717) is 25.1 Å². The molecule has 2 rings (SSSR count). The Bertz CT molecular complexity index is 627. The van der Waals surface area contributed by atoms with Crippen LogP contribution in [0.2, 0.25) is 0 Å². The molecule has 5 nitrogen and oxygen atoms in total. The van der Waals surface area contributed by atoms with Crippen LogP contribution in [0.15, 0.2) is 35.9 Å². The van der Waals surface area contributed by atoms with E-state index in [1.165, 1.54) is 5.56 Å². The van der Waals surface area contributed by atoms with Crippen LogP contribution in [0.1, 0.15) is 51.2 Å². The van der Waals surface area contributed by atoms with E-state index in [2.05, 4.69) is 45.0 Å². The zero-order valence-corrected chi connectivity index (χ0v) is 14.6. The fourth-order valence-electron chi connectivity index (χ4n) is 2.78. The quantitative estimate of drug-likeness (QED) is 0.644. The van der Waals surface area contributed by atoms with Gasteiger partial charge in [0.2, 0.25) is 11.8 Å². The molecule has 2 N–H and O–H groups in total. The molecule has 5 heteroatoms. The van der Waals surface area contributed by atoms with Crippen molar-refractivity contribution in [2.24, 2.45) is 0 Å². The number of rotatable bonds is 5. The molecule has 0 spiro atoms. The van der Waals surface area contributed by atoms with E-state index >= 15 is 0 Å². The Morgan fingerprint density at radius 2 is 1.92 bits per heavy atom. The van der Waals surface area contributed by atoms with E-state index in [1.807, 2.05) is 11.0 Å². The third kappa shape index (κ3) is 4.68. The highest BCUT2D eigenvalue weighted by molar-refractivity contribution is 5.94. The zero-order chi connectivity index (χ0) is 17.7. The van der Waals surface area contributed by atoms with Gasteiger partial charge >= 0.3 is 0 Å². The van der Waals surface area contributed by atoms with Crippen molar-refractivity contribution >= 4 is 11.8 Å². The lowest BCUT2D eigenvalue weighted by Gasteiger charge is -2.27. The molecule has 0 atom stereocenters. The van der Waals surface area contributed by atoms with Gasteiger partial charge in [-0.1, -0.05) is 51.1 Å². The van der Waals surface area contributed by atoms with Gasteiger partial charge in [-0.25, -0.2) is 5.48 Å². The largest absolute Gasteiger partial charge is 0.334 e. The fourth-order valence-corrected chi connectivity index (χ4v) is 2.78. The molecular formula is C19H26N2O3. The predicted molar refractivity (Wildman–Crippen MR) is 92.4 cm³/mol. The molecule has 2 amide bonds. The summed E-state index contributed by atoms with van der Waals surface area (Å²) in [5.74, 6) is -0.495. The second kappa shape index (κ2) is 7.62. The van der Waals surface area contributed by atoms with Gasteiger partial charge in [0, 0.05) is 25.1 Å². The lowest BCUT2D eigenvalue weighted by atomic mass is 9.86. The molecule has 0 bridgehead atoms. The molecule has 0 unspecified atom stereocenters. The van der Waals surface area contributed by atoms with Crippen molar-refractivity contribution in [2.75, 3.05) is 6.54 Å². The highest BCUT2D eigenvalue weighted by atomic mass is 16.5. The van der Waals surface area contributed by atoms with Gasteiger partial charge in [0.15, 0.2) is 0 Å². The third-order valence-electron chi connectivity index (χ3n) is 4.29. The monoisotopic (exact) mass is 330 g/mol. The minimum Gasteiger partial charge on any atom is -0.334 e. The molecule has 130 valence electrons. The molecule has 24 heavy (non-hydrogen) atoms. The SMILES string of the molecule is CC(C)(C)c1ccc(CN2CCC=C(CCC(=O)NO)C2=O)cc1. The lowest BCUT2D eigenvalue weighted by Crippen LogP contribution is -2.35. The highest BCUT2D eigenvalue weighted by Crippen LogP contribution is 2.23. The van der Waals surface area contributed by atoms with Crippen molar-refractivity contribution in [2.45, 2.75) is 52.0 Å². The first-order chi connectivity index (χ1) is 11.3. The number of nitrogens with one attached hydrogen (secondary N) is 1. The number of amides is 2. The van der Waals surface area contributed by atoms with E-state index in [1.54, 1.807) is 5.48 Å². The molecule has 1 heterocycles. The number of hydrogen-bond donors (Lipinski definition) is 2. The van der Waals surface area contributed by atoms with Gasteiger partial charge in [0.05, 0.1) is 0 Å². The van der Waals surface area contributed by atoms with Gasteiger partial charge in [-0.3, -0.25) is 14.8 Å². The maximum Gasteiger partial charge on any atom is 0.249 e. The first kappa shape index (κ1) is 18.2. The second-order valence-corrected chi connectivity index (χ2v) is 7.23. The second-order valence-electron chi connectivity index (χ2n) is 7.23. The molecule has 0 aliphatic carbocycles. The maximum atomic E-state index is 12.5. The van der Waals surface area contributed by atoms with E-state index in [0.717, 1.165) is 12.0 Å². The first-order valence-electron chi connectivity index (χ1n) is 8.32. The Kier molecular flexibility index (Phi) is 5.78. The molecule has 1 aliphatic rings. The van der Waals surface area contributed by atoms with Crippen molar-refractivity contribution in [3.63, 3.8) is 0 Å². The first-order valence-corrected chi connectivity index (χ1v) is 8.32. The Morgan fingerprint density at radius 1 is 1.25 bits per heavy atom. The highest BCUT2D eigenvalue weighted by Gasteiger charge is 2.22. The van der Waals surface area contributed by atoms with Crippen LogP contribution in [0.4, 0.5) is 0 Å². The Balaban J connectivity index is 1.99. The summed E-state index contributed by atoms with van der Waals surface area (Å²) in [4.78, 5) is 25.5. The van der Waals surface area contributed by atoms with Crippen LogP contribution in [0, 0.1) is 0 Å². The standard InChI is InChI=1S/C19H26N2O3/c1-19(2,3)16-9-6-14(7-10-16)13-21-12-4-5-15(18(21)23)8-11-17(22)20-24/h5-7,9-10,24H,4,8,11-13H2,1-3H3,(H,20,22). The van der Waals surface area contributed by atoms with Gasteiger partial charge in [0.25, 0.3) is 0 Å². The van der Waals surface area contributed by atoms with Gasteiger partial charge in [0.1, 0.15) is 0 Å². The number of hydrogen-bond acceptors (Lipinski definition) is 3. The van der Waals surface area contributed by atoms with Gasteiger partial charge in [-0.2, -0.15) is 0 Å². The zero-order valence-electron chi connectivity index (χ0n) is 14.6. The number of hydroxylamine groups is 1. The number of carbonyl (C=O) groups excluding carboxylic acids is 2. The summed E-state index contributed by atoms with van der Waals surface area (Å²) in [6.45, 7) is 7.80. The average Bonchev–Trinajstić information content (AvgIpc) is 2.55. The molecule has 1 aromatic rings. The van der Waals surface area contributed by atoms with Crippen molar-refractivity contribution in [3.8, 4) is 0 Å². The maximum absolute atomic E-state index is 12.5. The summed E-state index contributed by atoms with van der Waals surface area (Å²) >= 11 is 0. The lowest BCUT2D eigenvalue weighted by molar-refractivity contribution is -0.129. The number of benzene rings is 1. The molecule has 0 radical (unpaired) electrons. The summed E-state index contributed by atoms with van der Waals surface area (Å²) in [6.07, 6.45) is 3.15. The smallest absolute Gasteiger partial charge is 0.249 e. The predicted octanol–water partition coefficient (Wildman–Crippen LogP) is 2.93. The van der Waals surface area contributed by atoms with Crippen LogP contribution in [0.5, 0.6) is 0 Å². The van der Waals surface area contributed by atoms with Gasteiger partial charge < -0.3 is 4.90 Å². The van der Waals surface area contributed by atoms with Crippen molar-refractivity contribution in [3.05, 3.63) is 47.0 Å². The van der Waals surface area contributed by atoms with Crippen LogP contribution in [-0.2, 0) is 21.5 Å². The van der Waals surface area contributed by atoms with Crippen molar-refractivity contribution in [1.29, 1.82) is 0 Å². The molecule has 0 aromatic heterocycles. The van der Waals surface area contributed by atoms with E-state index in [4.69, 9.17) is 5.21 Å². The minimum atomic E-state index is -0.474. The number of nitrogens with zero attached hydrogens (tertiary/aromatic N) is 1. The Morgan fingerprint density at radius 3 is 2.50 bits per heavy atom. The van der Waals surface area contributed by atoms with Gasteiger partial charge in [-0.15, -0.1) is 0 Å². The Hall–Kier alpha value is -2.14. The fraction of sp³-hybridized carbons (Fsp3) is 0.474. The average molecular weight is 330 g/mol. The molecule has 1 aromatic carbocycles. The Labute approximate surface area is 143 Å². The molecule has 1 aliphatic heterocycles. The van der Waals surface area contributed by atoms with Crippen molar-refractivity contribution < 1.29 is 14.8 Å². The molecule has 0 saturated carbocycles. The summed E-state index contributed by atoms with van der Waals surface area (Å²) in [6, 6.07) is 8.38. The summed E-state index contributed by atoms with van der Waals surface area (Å²) in [5, 5.41) is 8.54. The van der Waals surface area contributed by atoms with Crippen LogP contribution in [0.3, 0.4) is 0 Å². The van der Waals surface area contributed by atoms with Gasteiger partial charge in [-0.05, 0) is 29.4 Å². The van der Waals surface area contributed by atoms with Crippen LogP contribution in [-0.4, -0.2) is 28.5 Å². The third-order valence-corrected chi connectivity index (χ3v) is 4.29. The van der Waals surface area contributed by atoms with Crippen LogP contribution < -0.4 is 5.48 Å². The molecule has 0 fully saturated rings. The summed E-state index contributed by atoms with van der Waals surface area (Å²) in [7, 11) is 0. The van der Waals surface area contributed by atoms with E-state index in [-0.39, 0.29) is 17.7 Å². The van der Waals surface area contributed by atoms with E-state index in [9.17, 15) is 9.59 Å². The van der Waals surface area contributed by atoms with Crippen LogP contribution in [0.25, 0.3) is 0 Å². The normalized spacial score (nSPS) is 15.2. The number of carbonyl (C=O) groups is 2. The minimum absolute atomic E-state index is 0.0214. The summed E-state index contributed by atoms with van der Waals surface area (Å²) < 4.78 is 0. The van der Waals surface area contributed by atoms with E-state index < -0.39 is 5.91 Å². The molecular weight excluding hydrogens is 304 g/mol. The topological polar surface area (TPSA) is 69.6 Å².